The molecule has 0 spiro atoms. The van der Waals surface area contributed by atoms with Crippen molar-refractivity contribution in [1.29, 1.82) is 0 Å². The molecular formula is C62H82BN2SSi. The van der Waals surface area contributed by atoms with Crippen molar-refractivity contribution < 1.29 is 0 Å². The molecule has 1 aliphatic heterocycles. The number of benzene rings is 3. The zero-order chi connectivity index (χ0) is 49.0. The van der Waals surface area contributed by atoms with Crippen LogP contribution in [0.5, 0.6) is 0 Å². The number of hydrogen-bond acceptors (Lipinski definition) is 3. The van der Waals surface area contributed by atoms with Crippen molar-refractivity contribution in [2.45, 2.75) is 170 Å². The summed E-state index contributed by atoms with van der Waals surface area (Å²) in [6.45, 7) is 45.2. The molecule has 5 heteroatoms. The maximum Gasteiger partial charge on any atom is 0.256 e. The number of nitrogens with one attached hydrogen (secondary N) is 1. The van der Waals surface area contributed by atoms with Gasteiger partial charge in [-0.1, -0.05) is 188 Å². The van der Waals surface area contributed by atoms with Crippen molar-refractivity contribution in [3.8, 4) is 0 Å². The van der Waals surface area contributed by atoms with Gasteiger partial charge in [-0.05, 0) is 147 Å². The summed E-state index contributed by atoms with van der Waals surface area (Å²) < 4.78 is 2.84. The molecule has 67 heavy (non-hydrogen) atoms. The molecule has 2 aliphatic carbocycles. The fraction of sp³-hybridized carbons (Fsp3) is 0.452. The SMILES string of the molecule is C=C/C(=C\C=C\C1=CC([Si](C)C)CC=C1N1C/C(=C(\C=C(C)C)Nc2ccc(C(C)(C)C)c(C(C)(C)C)c2)B(c2ccc(CC)cc2)c2sc3cc4c(cc3c21)C(C)(C)CCC4(C)C)C(C)C. The summed E-state index contributed by atoms with van der Waals surface area (Å²) in [4.78, 5) is 2.75. The van der Waals surface area contributed by atoms with E-state index in [9.17, 15) is 0 Å². The minimum atomic E-state index is -0.575. The lowest BCUT2D eigenvalue weighted by Gasteiger charge is -2.42. The number of fused-ring (bicyclic) bond motifs is 4. The van der Waals surface area contributed by atoms with Gasteiger partial charge < -0.3 is 10.2 Å². The van der Waals surface area contributed by atoms with E-state index in [4.69, 9.17) is 0 Å². The fourth-order valence-electron chi connectivity index (χ4n) is 10.7. The van der Waals surface area contributed by atoms with Crippen LogP contribution in [0.15, 0.2) is 137 Å². The van der Waals surface area contributed by atoms with Gasteiger partial charge in [-0.15, -0.1) is 11.3 Å². The van der Waals surface area contributed by atoms with Crippen LogP contribution in [0.2, 0.25) is 18.6 Å². The third kappa shape index (κ3) is 10.5. The van der Waals surface area contributed by atoms with Crippen LogP contribution in [0.4, 0.5) is 11.4 Å². The Morgan fingerprint density at radius 1 is 0.910 bits per heavy atom. The quantitative estimate of drug-likeness (QED) is 0.119. The summed E-state index contributed by atoms with van der Waals surface area (Å²) >= 11 is 2.04. The van der Waals surface area contributed by atoms with Crippen molar-refractivity contribution in [3.63, 3.8) is 0 Å². The van der Waals surface area contributed by atoms with Crippen LogP contribution in [0.3, 0.4) is 0 Å². The number of rotatable bonds is 11. The molecule has 1 N–H and O–H groups in total. The first-order chi connectivity index (χ1) is 31.3. The van der Waals surface area contributed by atoms with Crippen LogP contribution in [0, 0.1) is 5.92 Å². The van der Waals surface area contributed by atoms with Crippen molar-refractivity contribution in [2.75, 3.05) is 16.8 Å². The molecule has 3 aromatic carbocycles. The fourth-order valence-corrected chi connectivity index (χ4v) is 13.2. The topological polar surface area (TPSA) is 15.3 Å². The van der Waals surface area contributed by atoms with Gasteiger partial charge >= 0.3 is 0 Å². The number of nitrogens with zero attached hydrogens (tertiary/aromatic N) is 1. The number of thiophene rings is 1. The van der Waals surface area contributed by atoms with E-state index in [-0.39, 0.29) is 28.4 Å². The molecule has 1 aromatic heterocycles. The van der Waals surface area contributed by atoms with E-state index in [0.29, 0.717) is 11.5 Å². The summed E-state index contributed by atoms with van der Waals surface area (Å²) in [5.41, 5.74) is 19.7. The highest BCUT2D eigenvalue weighted by molar-refractivity contribution is 7.32. The molecule has 2 heterocycles. The van der Waals surface area contributed by atoms with Gasteiger partial charge in [-0.3, -0.25) is 0 Å². The molecule has 1 unspecified atom stereocenters. The molecule has 0 amide bonds. The van der Waals surface area contributed by atoms with Crippen LogP contribution < -0.4 is 20.5 Å². The highest BCUT2D eigenvalue weighted by Gasteiger charge is 2.43. The monoisotopic (exact) mass is 926 g/mol. The average Bonchev–Trinajstić information content (AvgIpc) is 3.63. The Hall–Kier alpha value is -4.32. The summed E-state index contributed by atoms with van der Waals surface area (Å²) in [6, 6.07) is 22.0. The molecule has 0 fully saturated rings. The van der Waals surface area contributed by atoms with Crippen molar-refractivity contribution in [2.24, 2.45) is 5.92 Å². The molecule has 353 valence electrons. The Morgan fingerprint density at radius 3 is 2.12 bits per heavy atom. The molecule has 0 saturated carbocycles. The van der Waals surface area contributed by atoms with Gasteiger partial charge in [0.15, 0.2) is 0 Å². The standard InChI is InChI=1S/C62H82BN2SSi/c1-19-42-24-26-45(27-25-42)63-53(54(34-40(3)4)64-46-28-30-49(59(7,8)9)50(36-46)60(10,11)12)39-65(55-31-29-47(67(17)18)35-44(55)23-21-22-43(20-2)41(5)6)57-48-37-51-52(38-56(48)66-58(57)63)62(15,16)33-32-61(51,13)14/h20-28,30-31,34-38,41,47,64H,2,19,29,32-33,39H2,1,3-18H3/b23-21+,43-22+,54-53-. The Labute approximate surface area is 413 Å². The van der Waals surface area contributed by atoms with Crippen LogP contribution in [0.25, 0.3) is 10.1 Å². The van der Waals surface area contributed by atoms with E-state index >= 15 is 0 Å². The summed E-state index contributed by atoms with van der Waals surface area (Å²) in [5, 5.41) is 5.57. The Kier molecular flexibility index (Phi) is 14.5. The van der Waals surface area contributed by atoms with E-state index in [2.05, 4.69) is 225 Å². The summed E-state index contributed by atoms with van der Waals surface area (Å²) in [5.74, 6) is 0.412. The number of aryl methyl sites for hydroxylation is 1. The maximum absolute atomic E-state index is 4.17. The molecular weight excluding hydrogens is 844 g/mol. The smallest absolute Gasteiger partial charge is 0.256 e. The minimum absolute atomic E-state index is 0.0139. The van der Waals surface area contributed by atoms with Crippen molar-refractivity contribution >= 4 is 58.5 Å². The molecule has 0 bridgehead atoms. The average molecular weight is 926 g/mol. The largest absolute Gasteiger partial charge is 0.356 e. The van der Waals surface area contributed by atoms with Gasteiger partial charge in [0.05, 0.1) is 5.69 Å². The lowest BCUT2D eigenvalue weighted by atomic mass is 9.37. The number of anilines is 2. The van der Waals surface area contributed by atoms with Gasteiger partial charge in [0, 0.05) is 47.3 Å². The van der Waals surface area contributed by atoms with Gasteiger partial charge in [0.25, 0.3) is 6.71 Å². The first-order valence-electron chi connectivity index (χ1n) is 25.4. The van der Waals surface area contributed by atoms with Crippen molar-refractivity contribution in [1.82, 2.24) is 0 Å². The Balaban J connectivity index is 1.57. The summed E-state index contributed by atoms with van der Waals surface area (Å²) in [7, 11) is -0.575. The van der Waals surface area contributed by atoms with Crippen molar-refractivity contribution in [3.05, 3.63) is 165 Å². The molecule has 1 atom stereocenters. The molecule has 3 aliphatic rings. The van der Waals surface area contributed by atoms with Gasteiger partial charge in [-0.2, -0.15) is 0 Å². The van der Waals surface area contributed by atoms with Crippen LogP contribution in [-0.2, 0) is 28.1 Å². The second kappa shape index (κ2) is 19.2. The normalized spacial score (nSPS) is 19.4. The lowest BCUT2D eigenvalue weighted by Crippen LogP contribution is -2.53. The predicted octanol–water partition coefficient (Wildman–Crippen LogP) is 16.4. The highest BCUT2D eigenvalue weighted by atomic mass is 32.1. The third-order valence-electron chi connectivity index (χ3n) is 15.0. The first kappa shape index (κ1) is 50.6. The maximum atomic E-state index is 4.17. The van der Waals surface area contributed by atoms with E-state index in [1.165, 1.54) is 100 Å². The van der Waals surface area contributed by atoms with Gasteiger partial charge in [0.2, 0.25) is 0 Å². The summed E-state index contributed by atoms with van der Waals surface area (Å²) in [6.07, 6.45) is 21.1. The van der Waals surface area contributed by atoms with Crippen LogP contribution >= 0.6 is 11.3 Å². The Morgan fingerprint density at radius 2 is 1.55 bits per heavy atom. The van der Waals surface area contributed by atoms with E-state index in [0.717, 1.165) is 25.1 Å². The highest BCUT2D eigenvalue weighted by Crippen LogP contribution is 2.50. The van der Waals surface area contributed by atoms with Gasteiger partial charge in [-0.25, -0.2) is 0 Å². The lowest BCUT2D eigenvalue weighted by molar-refractivity contribution is 0.332. The van der Waals surface area contributed by atoms with Crippen LogP contribution in [0.1, 0.15) is 151 Å². The minimum Gasteiger partial charge on any atom is -0.356 e. The zero-order valence-electron chi connectivity index (χ0n) is 44.6. The number of allylic oxidation sites excluding steroid dienone is 9. The van der Waals surface area contributed by atoms with E-state index < -0.39 is 8.80 Å². The molecule has 1 radical (unpaired) electrons. The van der Waals surface area contributed by atoms with Gasteiger partial charge in [0.1, 0.15) is 0 Å². The third-order valence-corrected chi connectivity index (χ3v) is 18.1. The Bertz CT molecular complexity index is 2710. The van der Waals surface area contributed by atoms with Crippen LogP contribution in [-0.4, -0.2) is 22.1 Å². The second-order valence-electron chi connectivity index (χ2n) is 24.2. The molecule has 2 nitrogen and oxygen atoms in total. The molecule has 7 rings (SSSR count). The first-order valence-corrected chi connectivity index (χ1v) is 28.7. The van der Waals surface area contributed by atoms with E-state index in [1.54, 1.807) is 0 Å². The predicted molar refractivity (Wildman–Crippen MR) is 303 cm³/mol. The second-order valence-corrected chi connectivity index (χ2v) is 28.1. The van der Waals surface area contributed by atoms with E-state index in [1.807, 2.05) is 17.4 Å². The molecule has 0 saturated heterocycles. The number of hydrogen-bond donors (Lipinski definition) is 1. The zero-order valence-corrected chi connectivity index (χ0v) is 46.4. The molecule has 4 aromatic rings.